The lowest BCUT2D eigenvalue weighted by atomic mass is 9.99. The normalized spacial score (nSPS) is 23.3. The van der Waals surface area contributed by atoms with Crippen molar-refractivity contribution in [1.29, 1.82) is 0 Å². The van der Waals surface area contributed by atoms with Gasteiger partial charge in [0.15, 0.2) is 0 Å². The van der Waals surface area contributed by atoms with E-state index in [1.54, 1.807) is 7.11 Å². The minimum Gasteiger partial charge on any atom is -0.496 e. The number of nitrogens with zero attached hydrogens (tertiary/aromatic N) is 1. The summed E-state index contributed by atoms with van der Waals surface area (Å²) in [5.41, 5.74) is 0.962. The van der Waals surface area contributed by atoms with E-state index in [2.05, 4.69) is 0 Å². The smallest absolute Gasteiger partial charge is 0.321 e. The number of carbonyl (C=O) groups is 1. The van der Waals surface area contributed by atoms with Gasteiger partial charge in [-0.25, -0.2) is 0 Å². The number of carboxylic acid groups (broad SMARTS) is 1. The monoisotopic (exact) mass is 291 g/mol. The van der Waals surface area contributed by atoms with Gasteiger partial charge in [-0.1, -0.05) is 30.4 Å². The molecule has 0 saturated carbocycles. The van der Waals surface area contributed by atoms with Crippen molar-refractivity contribution in [3.63, 3.8) is 0 Å². The van der Waals surface area contributed by atoms with E-state index in [1.165, 1.54) is 0 Å². The van der Waals surface area contributed by atoms with Gasteiger partial charge in [-0.3, -0.25) is 9.69 Å². The quantitative estimate of drug-likeness (QED) is 0.862. The standard InChI is InChI=1S/C16H21NO4/c1-21-15-7-3-2-5-12(15)6-4-9-17-10-8-13(18)11-14(17)16(19)20/h2-7,13-14,18H,8-11H2,1H3,(H,19,20)/t13-,14+/m0/s1. The molecule has 2 N–H and O–H groups in total. The number of aliphatic hydroxyl groups excluding tert-OH is 1. The van der Waals surface area contributed by atoms with E-state index >= 15 is 0 Å². The van der Waals surface area contributed by atoms with Gasteiger partial charge in [0.1, 0.15) is 11.8 Å². The highest BCUT2D eigenvalue weighted by Gasteiger charge is 2.31. The minimum atomic E-state index is -0.876. The number of carboxylic acids is 1. The van der Waals surface area contributed by atoms with E-state index in [4.69, 9.17) is 4.74 Å². The van der Waals surface area contributed by atoms with Gasteiger partial charge in [0.05, 0.1) is 13.2 Å². The van der Waals surface area contributed by atoms with Crippen LogP contribution >= 0.6 is 0 Å². The van der Waals surface area contributed by atoms with E-state index in [0.717, 1.165) is 11.3 Å². The van der Waals surface area contributed by atoms with Gasteiger partial charge in [-0.15, -0.1) is 0 Å². The van der Waals surface area contributed by atoms with Crippen molar-refractivity contribution in [3.8, 4) is 5.75 Å². The summed E-state index contributed by atoms with van der Waals surface area (Å²) in [6.45, 7) is 1.14. The van der Waals surface area contributed by atoms with Crippen molar-refractivity contribution < 1.29 is 19.7 Å². The molecule has 1 aromatic carbocycles. The molecule has 0 amide bonds. The Balaban J connectivity index is 2.00. The number of aliphatic hydroxyl groups is 1. The average Bonchev–Trinajstić information content (AvgIpc) is 2.49. The third kappa shape index (κ3) is 4.06. The largest absolute Gasteiger partial charge is 0.496 e. The highest BCUT2D eigenvalue weighted by Crippen LogP contribution is 2.20. The molecule has 5 heteroatoms. The van der Waals surface area contributed by atoms with E-state index in [1.807, 2.05) is 41.3 Å². The van der Waals surface area contributed by atoms with Crippen LogP contribution in [0.2, 0.25) is 0 Å². The number of likely N-dealkylation sites (tertiary alicyclic amines) is 1. The van der Waals surface area contributed by atoms with Crippen LogP contribution in [-0.2, 0) is 4.79 Å². The zero-order chi connectivity index (χ0) is 15.2. The summed E-state index contributed by atoms with van der Waals surface area (Å²) in [7, 11) is 1.62. The summed E-state index contributed by atoms with van der Waals surface area (Å²) in [4.78, 5) is 13.1. The molecule has 1 heterocycles. The molecule has 5 nitrogen and oxygen atoms in total. The van der Waals surface area contributed by atoms with Gasteiger partial charge in [0.2, 0.25) is 0 Å². The maximum Gasteiger partial charge on any atom is 0.321 e. The number of hydrogen-bond donors (Lipinski definition) is 2. The molecule has 0 bridgehead atoms. The first kappa shape index (κ1) is 15.5. The first-order valence-corrected chi connectivity index (χ1v) is 7.06. The van der Waals surface area contributed by atoms with Gasteiger partial charge in [-0.2, -0.15) is 0 Å². The Morgan fingerprint density at radius 1 is 1.48 bits per heavy atom. The van der Waals surface area contributed by atoms with Crippen LogP contribution in [0.15, 0.2) is 30.3 Å². The van der Waals surface area contributed by atoms with Gasteiger partial charge in [0, 0.05) is 18.7 Å². The molecule has 0 spiro atoms. The Morgan fingerprint density at radius 2 is 2.24 bits per heavy atom. The van der Waals surface area contributed by atoms with E-state index in [-0.39, 0.29) is 6.42 Å². The summed E-state index contributed by atoms with van der Waals surface area (Å²) >= 11 is 0. The molecule has 1 aromatic rings. The summed E-state index contributed by atoms with van der Waals surface area (Å²) in [6.07, 6.45) is 4.26. The minimum absolute atomic E-state index is 0.290. The van der Waals surface area contributed by atoms with Crippen molar-refractivity contribution in [3.05, 3.63) is 35.9 Å². The molecule has 0 aromatic heterocycles. The van der Waals surface area contributed by atoms with Crippen LogP contribution in [0.5, 0.6) is 5.75 Å². The fourth-order valence-corrected chi connectivity index (χ4v) is 2.59. The Hall–Kier alpha value is -1.85. The maximum absolute atomic E-state index is 11.2. The van der Waals surface area contributed by atoms with Crippen LogP contribution in [0.1, 0.15) is 18.4 Å². The molecule has 1 aliphatic rings. The fraction of sp³-hybridized carbons (Fsp3) is 0.438. The summed E-state index contributed by atoms with van der Waals surface area (Å²) < 4.78 is 5.27. The number of benzene rings is 1. The van der Waals surface area contributed by atoms with Crippen LogP contribution in [0.3, 0.4) is 0 Å². The number of ether oxygens (including phenoxy) is 1. The predicted molar refractivity (Wildman–Crippen MR) is 80.3 cm³/mol. The SMILES string of the molecule is COc1ccccc1C=CCN1CC[C@H](O)C[C@@H]1C(=O)O. The number of hydrogen-bond acceptors (Lipinski definition) is 4. The number of piperidine rings is 1. The van der Waals surface area contributed by atoms with E-state index in [9.17, 15) is 15.0 Å². The third-order valence-corrected chi connectivity index (χ3v) is 3.75. The summed E-state index contributed by atoms with van der Waals surface area (Å²) in [6, 6.07) is 7.05. The lowest BCUT2D eigenvalue weighted by Crippen LogP contribution is -2.48. The lowest BCUT2D eigenvalue weighted by molar-refractivity contribution is -0.146. The maximum atomic E-state index is 11.2. The van der Waals surface area contributed by atoms with Crippen LogP contribution in [0, 0.1) is 0 Å². The zero-order valence-electron chi connectivity index (χ0n) is 12.1. The Labute approximate surface area is 124 Å². The summed E-state index contributed by atoms with van der Waals surface area (Å²) in [5, 5.41) is 18.8. The highest BCUT2D eigenvalue weighted by molar-refractivity contribution is 5.73. The van der Waals surface area contributed by atoms with Crippen molar-refractivity contribution >= 4 is 12.0 Å². The molecule has 2 atom stereocenters. The fourth-order valence-electron chi connectivity index (χ4n) is 2.59. The molecular formula is C16H21NO4. The Morgan fingerprint density at radius 3 is 2.95 bits per heavy atom. The molecule has 2 rings (SSSR count). The molecule has 1 aliphatic heterocycles. The van der Waals surface area contributed by atoms with Crippen LogP contribution < -0.4 is 4.74 Å². The highest BCUT2D eigenvalue weighted by atomic mass is 16.5. The second-order valence-electron chi connectivity index (χ2n) is 5.17. The molecule has 0 radical (unpaired) electrons. The van der Waals surface area contributed by atoms with Gasteiger partial charge in [-0.05, 0) is 18.9 Å². The topological polar surface area (TPSA) is 70.0 Å². The Bertz CT molecular complexity index is 515. The van der Waals surface area contributed by atoms with Crippen LogP contribution in [0.25, 0.3) is 6.08 Å². The first-order chi connectivity index (χ1) is 10.1. The van der Waals surface area contributed by atoms with Crippen molar-refractivity contribution in [2.45, 2.75) is 25.0 Å². The third-order valence-electron chi connectivity index (χ3n) is 3.75. The molecule has 0 unspecified atom stereocenters. The number of methoxy groups -OCH3 is 1. The molecule has 1 fully saturated rings. The average molecular weight is 291 g/mol. The molecule has 0 aliphatic carbocycles. The number of rotatable bonds is 5. The molecular weight excluding hydrogens is 270 g/mol. The van der Waals surface area contributed by atoms with Crippen molar-refractivity contribution in [2.24, 2.45) is 0 Å². The molecule has 114 valence electrons. The van der Waals surface area contributed by atoms with Crippen LogP contribution in [0.4, 0.5) is 0 Å². The second-order valence-corrected chi connectivity index (χ2v) is 5.17. The predicted octanol–water partition coefficient (Wildman–Crippen LogP) is 1.62. The van der Waals surface area contributed by atoms with E-state index < -0.39 is 18.1 Å². The van der Waals surface area contributed by atoms with Crippen molar-refractivity contribution in [2.75, 3.05) is 20.2 Å². The zero-order valence-corrected chi connectivity index (χ0v) is 12.1. The summed E-state index contributed by atoms with van der Waals surface area (Å²) in [5.74, 6) is -0.0861. The molecule has 21 heavy (non-hydrogen) atoms. The van der Waals surface area contributed by atoms with Gasteiger partial charge >= 0.3 is 5.97 Å². The van der Waals surface area contributed by atoms with Crippen molar-refractivity contribution in [1.82, 2.24) is 4.90 Å². The number of aliphatic carboxylic acids is 1. The van der Waals surface area contributed by atoms with Gasteiger partial charge < -0.3 is 14.9 Å². The molecule has 1 saturated heterocycles. The Kier molecular flexibility index (Phi) is 5.36. The van der Waals surface area contributed by atoms with E-state index in [0.29, 0.717) is 19.5 Å². The van der Waals surface area contributed by atoms with Gasteiger partial charge in [0.25, 0.3) is 0 Å². The van der Waals surface area contributed by atoms with Crippen LogP contribution in [-0.4, -0.2) is 53.4 Å². The second kappa shape index (κ2) is 7.24. The lowest BCUT2D eigenvalue weighted by Gasteiger charge is -2.34. The number of para-hydroxylation sites is 1. The first-order valence-electron chi connectivity index (χ1n) is 7.06.